The number of hydrogen-bond acceptors (Lipinski definition) is 5. The lowest BCUT2D eigenvalue weighted by atomic mass is 10.1. The van der Waals surface area contributed by atoms with Crippen LogP contribution in [0.4, 0.5) is 9.18 Å². The van der Waals surface area contributed by atoms with E-state index in [1.807, 2.05) is 48.5 Å². The van der Waals surface area contributed by atoms with Crippen molar-refractivity contribution in [2.45, 2.75) is 78.5 Å². The molecule has 0 aromatic carbocycles. The Bertz CT molecular complexity index is 763. The first kappa shape index (κ1) is 23.9. The second-order valence-corrected chi connectivity index (χ2v) is 8.70. The number of guanidine groups is 1. The van der Waals surface area contributed by atoms with E-state index in [-0.39, 0.29) is 24.4 Å². The van der Waals surface area contributed by atoms with Crippen LogP contribution in [0.25, 0.3) is 0 Å². The standard InChI is InChI=1S/C21H34FN5O3/c1-8-23-18(25-12-16-15(22)10-9-11-24-16)26-13-17-14(2)29-21(6,7)27(17)19(28)30-20(3,4)5/h9-11,14,17H,8,12-13H2,1-7H3,(H2,23,25,26). The van der Waals surface area contributed by atoms with Crippen molar-refractivity contribution in [1.29, 1.82) is 0 Å². The third-order valence-electron chi connectivity index (χ3n) is 4.56. The molecule has 0 spiro atoms. The molecule has 8 nitrogen and oxygen atoms in total. The molecule has 2 rings (SSSR count). The molecule has 1 aromatic rings. The average Bonchev–Trinajstić information content (AvgIpc) is 2.85. The van der Waals surface area contributed by atoms with Crippen LogP contribution in [0.1, 0.15) is 54.2 Å². The highest BCUT2D eigenvalue weighted by atomic mass is 19.1. The van der Waals surface area contributed by atoms with Gasteiger partial charge in [0, 0.05) is 19.3 Å². The second kappa shape index (κ2) is 9.59. The molecule has 0 saturated carbocycles. The quantitative estimate of drug-likeness (QED) is 0.559. The Balaban J connectivity index is 2.12. The van der Waals surface area contributed by atoms with Crippen molar-refractivity contribution in [3.8, 4) is 0 Å². The minimum atomic E-state index is -0.805. The van der Waals surface area contributed by atoms with Gasteiger partial charge in [-0.3, -0.25) is 9.88 Å². The van der Waals surface area contributed by atoms with Gasteiger partial charge in [0.1, 0.15) is 17.1 Å². The zero-order chi connectivity index (χ0) is 22.5. The Morgan fingerprint density at radius 3 is 2.70 bits per heavy atom. The minimum absolute atomic E-state index is 0.0972. The third-order valence-corrected chi connectivity index (χ3v) is 4.56. The molecule has 2 heterocycles. The van der Waals surface area contributed by atoms with E-state index in [2.05, 4.69) is 20.6 Å². The van der Waals surface area contributed by atoms with Crippen molar-refractivity contribution in [1.82, 2.24) is 20.5 Å². The molecule has 2 unspecified atom stereocenters. The van der Waals surface area contributed by atoms with Gasteiger partial charge in [-0.15, -0.1) is 0 Å². The lowest BCUT2D eigenvalue weighted by Gasteiger charge is -2.35. The van der Waals surface area contributed by atoms with Crippen LogP contribution < -0.4 is 10.6 Å². The molecule has 1 fully saturated rings. The minimum Gasteiger partial charge on any atom is -0.444 e. The summed E-state index contributed by atoms with van der Waals surface area (Å²) >= 11 is 0. The molecule has 0 radical (unpaired) electrons. The number of rotatable bonds is 5. The fourth-order valence-corrected chi connectivity index (χ4v) is 3.35. The van der Waals surface area contributed by atoms with Crippen LogP contribution in [-0.4, -0.2) is 58.5 Å². The third kappa shape index (κ3) is 6.29. The van der Waals surface area contributed by atoms with Crippen molar-refractivity contribution in [3.05, 3.63) is 29.8 Å². The van der Waals surface area contributed by atoms with Crippen molar-refractivity contribution >= 4 is 12.1 Å². The van der Waals surface area contributed by atoms with Crippen LogP contribution in [-0.2, 0) is 16.0 Å². The average molecular weight is 424 g/mol. The number of halogens is 1. The Morgan fingerprint density at radius 1 is 1.40 bits per heavy atom. The lowest BCUT2D eigenvalue weighted by molar-refractivity contribution is -0.0755. The van der Waals surface area contributed by atoms with Crippen LogP contribution in [0, 0.1) is 5.82 Å². The normalized spacial score (nSPS) is 21.5. The molecule has 0 bridgehead atoms. The van der Waals surface area contributed by atoms with Crippen molar-refractivity contribution < 1.29 is 18.7 Å². The monoisotopic (exact) mass is 423 g/mol. The van der Waals surface area contributed by atoms with Gasteiger partial charge in [-0.05, 0) is 60.6 Å². The molecular formula is C21H34FN5O3. The highest BCUT2D eigenvalue weighted by Gasteiger charge is 2.49. The van der Waals surface area contributed by atoms with Crippen LogP contribution >= 0.6 is 0 Å². The summed E-state index contributed by atoms with van der Waals surface area (Å²) in [5.74, 6) is 0.108. The molecule has 1 aliphatic rings. The first-order valence-corrected chi connectivity index (χ1v) is 10.3. The van der Waals surface area contributed by atoms with Gasteiger partial charge < -0.3 is 20.1 Å². The molecule has 2 atom stereocenters. The molecule has 0 aliphatic carbocycles. The van der Waals surface area contributed by atoms with E-state index in [0.29, 0.717) is 19.0 Å². The number of nitrogens with one attached hydrogen (secondary N) is 2. The summed E-state index contributed by atoms with van der Waals surface area (Å²) in [5.41, 5.74) is -1.15. The summed E-state index contributed by atoms with van der Waals surface area (Å²) in [6, 6.07) is 2.63. The van der Waals surface area contributed by atoms with Gasteiger partial charge in [0.25, 0.3) is 0 Å². The first-order valence-electron chi connectivity index (χ1n) is 10.3. The van der Waals surface area contributed by atoms with E-state index >= 15 is 0 Å². The number of ether oxygens (including phenoxy) is 2. The Labute approximate surface area is 178 Å². The zero-order valence-corrected chi connectivity index (χ0v) is 19.0. The Morgan fingerprint density at radius 2 is 2.10 bits per heavy atom. The SMILES string of the molecule is CCNC(=NCc1ncccc1F)NCC1C(C)OC(C)(C)N1C(=O)OC(C)(C)C. The van der Waals surface area contributed by atoms with E-state index in [4.69, 9.17) is 9.47 Å². The summed E-state index contributed by atoms with van der Waals surface area (Å²) in [4.78, 5) is 22.9. The summed E-state index contributed by atoms with van der Waals surface area (Å²) < 4.78 is 25.4. The highest BCUT2D eigenvalue weighted by Crippen LogP contribution is 2.33. The highest BCUT2D eigenvalue weighted by molar-refractivity contribution is 5.80. The first-order chi connectivity index (χ1) is 13.9. The van der Waals surface area contributed by atoms with E-state index in [0.717, 1.165) is 0 Å². The molecule has 1 saturated heterocycles. The van der Waals surface area contributed by atoms with Crippen molar-refractivity contribution in [3.63, 3.8) is 0 Å². The van der Waals surface area contributed by atoms with Gasteiger partial charge in [0.15, 0.2) is 5.96 Å². The van der Waals surface area contributed by atoms with E-state index in [1.165, 1.54) is 12.3 Å². The molecule has 2 N–H and O–H groups in total. The number of pyridine rings is 1. The number of amides is 1. The molecule has 30 heavy (non-hydrogen) atoms. The number of nitrogens with zero attached hydrogens (tertiary/aromatic N) is 3. The lowest BCUT2D eigenvalue weighted by Crippen LogP contribution is -2.54. The van der Waals surface area contributed by atoms with Gasteiger partial charge in [-0.2, -0.15) is 0 Å². The molecule has 168 valence electrons. The predicted octanol–water partition coefficient (Wildman–Crippen LogP) is 3.04. The zero-order valence-electron chi connectivity index (χ0n) is 19.0. The molecular weight excluding hydrogens is 389 g/mol. The fourth-order valence-electron chi connectivity index (χ4n) is 3.35. The number of hydrogen-bond donors (Lipinski definition) is 2. The number of aliphatic imine (C=N–C) groups is 1. The van der Waals surface area contributed by atoms with Crippen molar-refractivity contribution in [2.75, 3.05) is 13.1 Å². The van der Waals surface area contributed by atoms with E-state index < -0.39 is 23.2 Å². The van der Waals surface area contributed by atoms with Gasteiger partial charge in [-0.25, -0.2) is 14.2 Å². The summed E-state index contributed by atoms with van der Waals surface area (Å²) in [5, 5.41) is 6.35. The Hall–Kier alpha value is -2.42. The summed E-state index contributed by atoms with van der Waals surface area (Å²) in [7, 11) is 0. The topological polar surface area (TPSA) is 88.1 Å². The summed E-state index contributed by atoms with van der Waals surface area (Å²) in [6.45, 7) is 14.2. The fraction of sp³-hybridized carbons (Fsp3) is 0.667. The van der Waals surface area contributed by atoms with Crippen molar-refractivity contribution in [2.24, 2.45) is 4.99 Å². The van der Waals surface area contributed by atoms with Crippen LogP contribution in [0.3, 0.4) is 0 Å². The maximum absolute atomic E-state index is 13.8. The van der Waals surface area contributed by atoms with E-state index in [9.17, 15) is 9.18 Å². The Kier molecular flexibility index (Phi) is 7.63. The van der Waals surface area contributed by atoms with Gasteiger partial charge in [0.05, 0.1) is 24.4 Å². The van der Waals surface area contributed by atoms with Crippen LogP contribution in [0.5, 0.6) is 0 Å². The summed E-state index contributed by atoms with van der Waals surface area (Å²) in [6.07, 6.45) is 0.893. The largest absolute Gasteiger partial charge is 0.444 e. The number of carbonyl (C=O) groups excluding carboxylic acids is 1. The van der Waals surface area contributed by atoms with Crippen LogP contribution in [0.2, 0.25) is 0 Å². The second-order valence-electron chi connectivity index (χ2n) is 8.70. The molecule has 1 aromatic heterocycles. The predicted molar refractivity (Wildman–Crippen MR) is 114 cm³/mol. The molecule has 1 aliphatic heterocycles. The maximum Gasteiger partial charge on any atom is 0.412 e. The van der Waals surface area contributed by atoms with Gasteiger partial charge in [0.2, 0.25) is 0 Å². The smallest absolute Gasteiger partial charge is 0.412 e. The van der Waals surface area contributed by atoms with E-state index in [1.54, 1.807) is 11.0 Å². The van der Waals surface area contributed by atoms with Gasteiger partial charge in [-0.1, -0.05) is 0 Å². The number of aromatic nitrogens is 1. The van der Waals surface area contributed by atoms with Gasteiger partial charge >= 0.3 is 6.09 Å². The maximum atomic E-state index is 13.8. The molecule has 1 amide bonds. The number of carbonyl (C=O) groups is 1. The molecule has 9 heteroatoms. The van der Waals surface area contributed by atoms with Crippen LogP contribution in [0.15, 0.2) is 23.3 Å².